The van der Waals surface area contributed by atoms with E-state index in [1.165, 1.54) is 7.11 Å². The van der Waals surface area contributed by atoms with Gasteiger partial charge in [0.05, 0.1) is 13.5 Å². The zero-order chi connectivity index (χ0) is 13.0. The van der Waals surface area contributed by atoms with E-state index in [9.17, 15) is 4.79 Å². The molecule has 0 N–H and O–H groups in total. The molecule has 1 aliphatic rings. The Morgan fingerprint density at radius 1 is 1.39 bits per heavy atom. The number of esters is 1. The zero-order valence-electron chi connectivity index (χ0n) is 10.9. The molecule has 0 aromatic carbocycles. The highest BCUT2D eigenvalue weighted by molar-refractivity contribution is 5.72. The second kappa shape index (κ2) is 5.82. The lowest BCUT2D eigenvalue weighted by Crippen LogP contribution is -2.44. The van der Waals surface area contributed by atoms with Crippen molar-refractivity contribution < 1.29 is 9.53 Å². The monoisotopic (exact) mass is 249 g/mol. The molecule has 0 unspecified atom stereocenters. The van der Waals surface area contributed by atoms with E-state index in [1.54, 1.807) is 6.20 Å². The molecule has 1 aromatic rings. The number of aromatic nitrogens is 1. The molecule has 18 heavy (non-hydrogen) atoms. The van der Waals surface area contributed by atoms with Crippen molar-refractivity contribution in [1.29, 1.82) is 0 Å². The molecule has 5 nitrogen and oxygen atoms in total. The fourth-order valence-corrected chi connectivity index (χ4v) is 2.02. The van der Waals surface area contributed by atoms with Gasteiger partial charge in [-0.2, -0.15) is 0 Å². The van der Waals surface area contributed by atoms with Gasteiger partial charge in [0.15, 0.2) is 0 Å². The Bertz CT molecular complexity index is 414. The Balaban J connectivity index is 2.05. The van der Waals surface area contributed by atoms with E-state index in [-0.39, 0.29) is 5.97 Å². The van der Waals surface area contributed by atoms with Crippen molar-refractivity contribution in [2.24, 2.45) is 0 Å². The number of pyridine rings is 1. The number of hydrogen-bond donors (Lipinski definition) is 0. The fraction of sp³-hybridized carbons (Fsp3) is 0.538. The normalized spacial score (nSPS) is 16.7. The number of carbonyl (C=O) groups is 1. The number of nitrogens with zero attached hydrogens (tertiary/aromatic N) is 3. The second-order valence-corrected chi connectivity index (χ2v) is 4.57. The number of piperazine rings is 1. The molecule has 0 radical (unpaired) electrons. The minimum absolute atomic E-state index is 0.217. The van der Waals surface area contributed by atoms with Gasteiger partial charge in [0, 0.05) is 32.4 Å². The lowest BCUT2D eigenvalue weighted by Gasteiger charge is -2.33. The van der Waals surface area contributed by atoms with Gasteiger partial charge in [-0.1, -0.05) is 0 Å². The minimum Gasteiger partial charge on any atom is -0.469 e. The van der Waals surface area contributed by atoms with Gasteiger partial charge in [0.25, 0.3) is 0 Å². The summed E-state index contributed by atoms with van der Waals surface area (Å²) < 4.78 is 4.67. The maximum atomic E-state index is 11.2. The average Bonchev–Trinajstić information content (AvgIpc) is 2.40. The Hall–Kier alpha value is -1.62. The van der Waals surface area contributed by atoms with Crippen LogP contribution >= 0.6 is 0 Å². The van der Waals surface area contributed by atoms with Gasteiger partial charge in [-0.3, -0.25) is 4.79 Å². The number of ether oxygens (including phenoxy) is 1. The Labute approximate surface area is 107 Å². The number of anilines is 1. The van der Waals surface area contributed by atoms with E-state index in [0.29, 0.717) is 6.42 Å². The van der Waals surface area contributed by atoms with E-state index < -0.39 is 0 Å². The Kier molecular flexibility index (Phi) is 4.15. The molecular weight excluding hydrogens is 230 g/mol. The fourth-order valence-electron chi connectivity index (χ4n) is 2.02. The van der Waals surface area contributed by atoms with E-state index in [1.807, 2.05) is 12.1 Å². The van der Waals surface area contributed by atoms with Crippen LogP contribution in [0.5, 0.6) is 0 Å². The molecule has 0 amide bonds. The van der Waals surface area contributed by atoms with Gasteiger partial charge in [0.2, 0.25) is 0 Å². The third-order valence-corrected chi connectivity index (χ3v) is 3.21. The SMILES string of the molecule is COC(=O)Cc1ccnc(N2CCN(C)CC2)c1. The number of methoxy groups -OCH3 is 1. The molecule has 1 fully saturated rings. The first-order chi connectivity index (χ1) is 8.69. The summed E-state index contributed by atoms with van der Waals surface area (Å²) in [6.07, 6.45) is 2.06. The Morgan fingerprint density at radius 2 is 2.11 bits per heavy atom. The summed E-state index contributed by atoms with van der Waals surface area (Å²) in [6.45, 7) is 4.04. The summed E-state index contributed by atoms with van der Waals surface area (Å²) >= 11 is 0. The molecule has 1 saturated heterocycles. The maximum Gasteiger partial charge on any atom is 0.309 e. The number of rotatable bonds is 3. The van der Waals surface area contributed by atoms with Crippen LogP contribution in [-0.4, -0.2) is 56.2 Å². The number of likely N-dealkylation sites (N-methyl/N-ethyl adjacent to an activating group) is 1. The number of hydrogen-bond acceptors (Lipinski definition) is 5. The van der Waals surface area contributed by atoms with Crippen molar-refractivity contribution in [2.45, 2.75) is 6.42 Å². The molecule has 0 saturated carbocycles. The minimum atomic E-state index is -0.217. The van der Waals surface area contributed by atoms with Crippen molar-refractivity contribution >= 4 is 11.8 Å². The third-order valence-electron chi connectivity index (χ3n) is 3.21. The summed E-state index contributed by atoms with van der Waals surface area (Å²) in [7, 11) is 3.53. The average molecular weight is 249 g/mol. The highest BCUT2D eigenvalue weighted by atomic mass is 16.5. The van der Waals surface area contributed by atoms with E-state index >= 15 is 0 Å². The van der Waals surface area contributed by atoms with Crippen LogP contribution in [0.15, 0.2) is 18.3 Å². The molecule has 0 spiro atoms. The van der Waals surface area contributed by atoms with Gasteiger partial charge < -0.3 is 14.5 Å². The summed E-state index contributed by atoms with van der Waals surface area (Å²) in [6, 6.07) is 3.83. The van der Waals surface area contributed by atoms with Gasteiger partial charge >= 0.3 is 5.97 Å². The van der Waals surface area contributed by atoms with Gasteiger partial charge in [0.1, 0.15) is 5.82 Å². The van der Waals surface area contributed by atoms with Crippen LogP contribution in [0.2, 0.25) is 0 Å². The van der Waals surface area contributed by atoms with Crippen molar-refractivity contribution in [3.63, 3.8) is 0 Å². The van der Waals surface area contributed by atoms with Gasteiger partial charge in [-0.15, -0.1) is 0 Å². The standard InChI is InChI=1S/C13H19N3O2/c1-15-5-7-16(8-6-15)12-9-11(3-4-14-12)10-13(17)18-2/h3-4,9H,5-8,10H2,1-2H3. The molecular formula is C13H19N3O2. The molecule has 0 bridgehead atoms. The van der Waals surface area contributed by atoms with Gasteiger partial charge in [-0.25, -0.2) is 4.98 Å². The van der Waals surface area contributed by atoms with Crippen molar-refractivity contribution in [3.8, 4) is 0 Å². The Morgan fingerprint density at radius 3 is 2.78 bits per heavy atom. The molecule has 2 rings (SSSR count). The summed E-state index contributed by atoms with van der Waals surface area (Å²) in [5.41, 5.74) is 0.950. The maximum absolute atomic E-state index is 11.2. The lowest BCUT2D eigenvalue weighted by atomic mass is 10.2. The number of carbonyl (C=O) groups excluding carboxylic acids is 1. The third kappa shape index (κ3) is 3.20. The molecule has 0 aliphatic carbocycles. The molecule has 2 heterocycles. The van der Waals surface area contributed by atoms with Crippen LogP contribution in [0.1, 0.15) is 5.56 Å². The van der Waals surface area contributed by atoms with Crippen molar-refractivity contribution in [1.82, 2.24) is 9.88 Å². The van der Waals surface area contributed by atoms with Crippen LogP contribution in [-0.2, 0) is 16.0 Å². The molecule has 5 heteroatoms. The molecule has 0 atom stereocenters. The lowest BCUT2D eigenvalue weighted by molar-refractivity contribution is -0.139. The second-order valence-electron chi connectivity index (χ2n) is 4.57. The highest BCUT2D eigenvalue weighted by Crippen LogP contribution is 2.15. The first kappa shape index (κ1) is 12.8. The van der Waals surface area contributed by atoms with Crippen molar-refractivity contribution in [2.75, 3.05) is 45.2 Å². The van der Waals surface area contributed by atoms with E-state index in [4.69, 9.17) is 0 Å². The quantitative estimate of drug-likeness (QED) is 0.732. The van der Waals surface area contributed by atoms with Crippen molar-refractivity contribution in [3.05, 3.63) is 23.9 Å². The zero-order valence-corrected chi connectivity index (χ0v) is 10.9. The first-order valence-electron chi connectivity index (χ1n) is 6.14. The largest absolute Gasteiger partial charge is 0.469 e. The van der Waals surface area contributed by atoms with E-state index in [0.717, 1.165) is 37.6 Å². The topological polar surface area (TPSA) is 45.7 Å². The predicted molar refractivity (Wildman–Crippen MR) is 69.7 cm³/mol. The summed E-state index contributed by atoms with van der Waals surface area (Å²) in [4.78, 5) is 20.2. The summed E-state index contributed by atoms with van der Waals surface area (Å²) in [5.74, 6) is 0.732. The van der Waals surface area contributed by atoms with E-state index in [2.05, 4.69) is 26.6 Å². The van der Waals surface area contributed by atoms with Crippen LogP contribution in [0.25, 0.3) is 0 Å². The van der Waals surface area contributed by atoms with Gasteiger partial charge in [-0.05, 0) is 24.7 Å². The van der Waals surface area contributed by atoms with Crippen LogP contribution < -0.4 is 4.90 Å². The molecule has 98 valence electrons. The predicted octanol–water partition coefficient (Wildman–Crippen LogP) is 0.549. The highest BCUT2D eigenvalue weighted by Gasteiger charge is 2.15. The molecule has 1 aliphatic heterocycles. The van der Waals surface area contributed by atoms with Crippen LogP contribution in [0, 0.1) is 0 Å². The summed E-state index contributed by atoms with van der Waals surface area (Å²) in [5, 5.41) is 0. The van der Waals surface area contributed by atoms with Crippen LogP contribution in [0.3, 0.4) is 0 Å². The smallest absolute Gasteiger partial charge is 0.309 e. The first-order valence-corrected chi connectivity index (χ1v) is 6.14. The molecule has 1 aromatic heterocycles. The van der Waals surface area contributed by atoms with Crippen LogP contribution in [0.4, 0.5) is 5.82 Å².